The standard InChI is InChI=1S/C16H12N4O3.C2H6/c21-10-20(12-7-5-11(6-8-12)16(22)23)19-15-9-17-18-14-4-2-1-3-13(14)15;1-2/h1-10H,(H,18,19)(H,22,23);1-2H3. The minimum Gasteiger partial charge on any atom is -0.478 e. The third-order valence-electron chi connectivity index (χ3n) is 3.29. The van der Waals surface area contributed by atoms with Gasteiger partial charge in [-0.3, -0.25) is 10.2 Å². The molecule has 3 rings (SSSR count). The number of hydrogen-bond donors (Lipinski definition) is 2. The molecule has 0 bridgehead atoms. The summed E-state index contributed by atoms with van der Waals surface area (Å²) in [4.78, 5) is 22.3. The van der Waals surface area contributed by atoms with Crippen LogP contribution in [-0.2, 0) is 4.79 Å². The average Bonchev–Trinajstić information content (AvgIpc) is 2.68. The minimum absolute atomic E-state index is 0.149. The van der Waals surface area contributed by atoms with Gasteiger partial charge in [0.15, 0.2) is 0 Å². The van der Waals surface area contributed by atoms with E-state index in [0.717, 1.165) is 5.39 Å². The third kappa shape index (κ3) is 4.08. The number of hydrazine groups is 1. The maximum Gasteiger partial charge on any atom is 0.335 e. The molecule has 0 saturated heterocycles. The molecule has 2 N–H and O–H groups in total. The molecule has 128 valence electrons. The zero-order valence-electron chi connectivity index (χ0n) is 13.9. The number of anilines is 2. The van der Waals surface area contributed by atoms with E-state index in [0.29, 0.717) is 23.3 Å². The molecule has 0 aliphatic rings. The topological polar surface area (TPSA) is 95.4 Å². The molecule has 1 heterocycles. The van der Waals surface area contributed by atoms with Crippen molar-refractivity contribution in [2.45, 2.75) is 13.8 Å². The van der Waals surface area contributed by atoms with Crippen LogP contribution in [0, 0.1) is 0 Å². The lowest BCUT2D eigenvalue weighted by Gasteiger charge is -2.20. The second-order valence-electron chi connectivity index (χ2n) is 4.71. The van der Waals surface area contributed by atoms with E-state index in [2.05, 4.69) is 15.6 Å². The largest absolute Gasteiger partial charge is 0.478 e. The lowest BCUT2D eigenvalue weighted by Crippen LogP contribution is -2.28. The van der Waals surface area contributed by atoms with Crippen molar-refractivity contribution in [2.75, 3.05) is 10.4 Å². The molecule has 25 heavy (non-hydrogen) atoms. The van der Waals surface area contributed by atoms with E-state index in [1.807, 2.05) is 38.1 Å². The van der Waals surface area contributed by atoms with Gasteiger partial charge in [0.05, 0.1) is 28.7 Å². The smallest absolute Gasteiger partial charge is 0.335 e. The van der Waals surface area contributed by atoms with Gasteiger partial charge in [-0.15, -0.1) is 0 Å². The molecule has 7 nitrogen and oxygen atoms in total. The summed E-state index contributed by atoms with van der Waals surface area (Å²) in [6.45, 7) is 4.00. The van der Waals surface area contributed by atoms with Crippen LogP contribution in [0.25, 0.3) is 10.9 Å². The van der Waals surface area contributed by atoms with Crippen LogP contribution in [0.5, 0.6) is 0 Å². The number of aromatic nitrogens is 2. The number of carboxylic acid groups (broad SMARTS) is 1. The number of rotatable bonds is 5. The summed E-state index contributed by atoms with van der Waals surface area (Å²) in [5.74, 6) is -1.02. The van der Waals surface area contributed by atoms with Gasteiger partial charge in [-0.05, 0) is 30.3 Å². The van der Waals surface area contributed by atoms with Crippen LogP contribution in [0.2, 0.25) is 0 Å². The SMILES string of the molecule is CC.O=CN(Nc1cnnc2ccccc12)c1ccc(C(=O)O)cc1. The maximum atomic E-state index is 11.4. The van der Waals surface area contributed by atoms with Crippen LogP contribution in [0.1, 0.15) is 24.2 Å². The first-order chi connectivity index (χ1) is 12.2. The second-order valence-corrected chi connectivity index (χ2v) is 4.71. The molecule has 0 aliphatic carbocycles. The van der Waals surface area contributed by atoms with Crippen LogP contribution in [0.4, 0.5) is 11.4 Å². The molecule has 0 saturated carbocycles. The number of carboxylic acids is 1. The predicted octanol–water partition coefficient (Wildman–Crippen LogP) is 3.34. The summed E-state index contributed by atoms with van der Waals surface area (Å²) in [7, 11) is 0. The highest BCUT2D eigenvalue weighted by Crippen LogP contribution is 2.22. The van der Waals surface area contributed by atoms with Crippen LogP contribution in [0.15, 0.2) is 54.7 Å². The highest BCUT2D eigenvalue weighted by Gasteiger charge is 2.10. The average molecular weight is 338 g/mol. The van der Waals surface area contributed by atoms with Crippen LogP contribution in [-0.4, -0.2) is 27.7 Å². The van der Waals surface area contributed by atoms with Crippen molar-refractivity contribution in [1.29, 1.82) is 0 Å². The molecule has 0 radical (unpaired) electrons. The second kappa shape index (κ2) is 8.39. The molecule has 0 aliphatic heterocycles. The minimum atomic E-state index is -1.02. The van der Waals surface area contributed by atoms with Crippen molar-refractivity contribution < 1.29 is 14.7 Å². The van der Waals surface area contributed by atoms with E-state index in [1.165, 1.54) is 23.3 Å². The Bertz CT molecular complexity index is 860. The maximum absolute atomic E-state index is 11.4. The summed E-state index contributed by atoms with van der Waals surface area (Å²) >= 11 is 0. The van der Waals surface area contributed by atoms with Crippen molar-refractivity contribution in [3.63, 3.8) is 0 Å². The third-order valence-corrected chi connectivity index (χ3v) is 3.29. The first kappa shape index (κ1) is 17.9. The van der Waals surface area contributed by atoms with Crippen molar-refractivity contribution >= 4 is 34.7 Å². The molecule has 3 aromatic rings. The number of benzene rings is 2. The number of hydrogen-bond acceptors (Lipinski definition) is 5. The lowest BCUT2D eigenvalue weighted by atomic mass is 10.2. The van der Waals surface area contributed by atoms with Crippen molar-refractivity contribution in [2.24, 2.45) is 0 Å². The summed E-state index contributed by atoms with van der Waals surface area (Å²) in [5, 5.41) is 18.9. The Hall–Kier alpha value is -3.48. The molecule has 1 aromatic heterocycles. The Balaban J connectivity index is 0.00000109. The summed E-state index contributed by atoms with van der Waals surface area (Å²) in [6, 6.07) is 13.3. The normalized spacial score (nSPS) is 9.68. The quantitative estimate of drug-likeness (QED) is 0.547. The highest BCUT2D eigenvalue weighted by molar-refractivity contribution is 5.93. The number of aromatic carboxylic acids is 1. The Morgan fingerprint density at radius 2 is 1.80 bits per heavy atom. The van der Waals surface area contributed by atoms with E-state index >= 15 is 0 Å². The van der Waals surface area contributed by atoms with Gasteiger partial charge in [0.2, 0.25) is 6.41 Å². The molecule has 7 heteroatoms. The van der Waals surface area contributed by atoms with E-state index in [9.17, 15) is 9.59 Å². The first-order valence-corrected chi connectivity index (χ1v) is 7.74. The molecule has 0 fully saturated rings. The van der Waals surface area contributed by atoms with Crippen molar-refractivity contribution in [3.8, 4) is 0 Å². The van der Waals surface area contributed by atoms with Gasteiger partial charge in [-0.1, -0.05) is 32.0 Å². The molecule has 0 atom stereocenters. The fourth-order valence-corrected chi connectivity index (χ4v) is 2.14. The van der Waals surface area contributed by atoms with Gasteiger partial charge >= 0.3 is 5.97 Å². The number of carbonyl (C=O) groups is 2. The van der Waals surface area contributed by atoms with Gasteiger partial charge in [0.25, 0.3) is 0 Å². The van der Waals surface area contributed by atoms with Gasteiger partial charge in [-0.25, -0.2) is 9.80 Å². The summed E-state index contributed by atoms with van der Waals surface area (Å²) < 4.78 is 0. The molecule has 2 aromatic carbocycles. The first-order valence-electron chi connectivity index (χ1n) is 7.74. The molecule has 0 unspecified atom stereocenters. The van der Waals surface area contributed by atoms with Gasteiger partial charge in [0.1, 0.15) is 0 Å². The van der Waals surface area contributed by atoms with Crippen LogP contribution in [0.3, 0.4) is 0 Å². The number of carbonyl (C=O) groups excluding carboxylic acids is 1. The van der Waals surface area contributed by atoms with Gasteiger partial charge in [0, 0.05) is 5.39 Å². The van der Waals surface area contributed by atoms with E-state index < -0.39 is 5.97 Å². The number of fused-ring (bicyclic) bond motifs is 1. The Kier molecular flexibility index (Phi) is 6.00. The molecular formula is C18H18N4O3. The predicted molar refractivity (Wildman–Crippen MR) is 96.5 cm³/mol. The highest BCUT2D eigenvalue weighted by atomic mass is 16.4. The van der Waals surface area contributed by atoms with Gasteiger partial charge < -0.3 is 5.11 Å². The Labute approximate surface area is 144 Å². The summed E-state index contributed by atoms with van der Waals surface area (Å²) in [5.41, 5.74) is 4.92. The monoisotopic (exact) mass is 338 g/mol. The molecule has 1 amide bonds. The van der Waals surface area contributed by atoms with Gasteiger partial charge in [-0.2, -0.15) is 10.2 Å². The number of amides is 1. The van der Waals surface area contributed by atoms with E-state index in [4.69, 9.17) is 5.11 Å². The fraction of sp³-hybridized carbons (Fsp3) is 0.111. The lowest BCUT2D eigenvalue weighted by molar-refractivity contribution is -0.107. The Morgan fingerprint density at radius 1 is 1.12 bits per heavy atom. The molecule has 0 spiro atoms. The fourth-order valence-electron chi connectivity index (χ4n) is 2.14. The number of nitrogens with one attached hydrogen (secondary N) is 1. The Morgan fingerprint density at radius 3 is 2.44 bits per heavy atom. The zero-order valence-corrected chi connectivity index (χ0v) is 13.9. The van der Waals surface area contributed by atoms with E-state index in [1.54, 1.807) is 12.1 Å². The van der Waals surface area contributed by atoms with Crippen LogP contribution < -0.4 is 10.4 Å². The van der Waals surface area contributed by atoms with Crippen LogP contribution >= 0.6 is 0 Å². The van der Waals surface area contributed by atoms with Crippen molar-refractivity contribution in [3.05, 3.63) is 60.3 Å². The zero-order chi connectivity index (χ0) is 18.2. The van der Waals surface area contributed by atoms with Crippen molar-refractivity contribution in [1.82, 2.24) is 10.2 Å². The number of nitrogens with zero attached hydrogens (tertiary/aromatic N) is 3. The summed E-state index contributed by atoms with van der Waals surface area (Å²) in [6.07, 6.45) is 2.12. The molecular weight excluding hydrogens is 320 g/mol. The van der Waals surface area contributed by atoms with E-state index in [-0.39, 0.29) is 5.56 Å².